The Morgan fingerprint density at radius 1 is 1.33 bits per heavy atom. The van der Waals surface area contributed by atoms with Crippen molar-refractivity contribution in [3.63, 3.8) is 0 Å². The van der Waals surface area contributed by atoms with Gasteiger partial charge in [-0.2, -0.15) is 0 Å². The Labute approximate surface area is 109 Å². The van der Waals surface area contributed by atoms with Crippen LogP contribution in [0.2, 0.25) is 0 Å². The van der Waals surface area contributed by atoms with E-state index in [1.54, 1.807) is 7.11 Å². The fraction of sp³-hybridized carbons (Fsp3) is 0.600. The number of aryl methyl sites for hydroxylation is 1. The van der Waals surface area contributed by atoms with Crippen molar-refractivity contribution in [3.05, 3.63) is 29.8 Å². The Kier molecular flexibility index (Phi) is 5.02. The third-order valence-electron chi connectivity index (χ3n) is 3.21. The topological polar surface area (TPSA) is 30.5 Å². The molecule has 0 heterocycles. The van der Waals surface area contributed by atoms with Crippen LogP contribution in [0, 0.1) is 0 Å². The summed E-state index contributed by atoms with van der Waals surface area (Å²) in [4.78, 5) is 0. The van der Waals surface area contributed by atoms with Gasteiger partial charge in [0.15, 0.2) is 0 Å². The minimum Gasteiger partial charge on any atom is -0.486 e. The molecule has 1 atom stereocenters. The largest absolute Gasteiger partial charge is 0.486 e. The van der Waals surface area contributed by atoms with E-state index in [0.29, 0.717) is 12.6 Å². The average Bonchev–Trinajstić information content (AvgIpc) is 3.21. The summed E-state index contributed by atoms with van der Waals surface area (Å²) in [7, 11) is 1.72. The fourth-order valence-corrected chi connectivity index (χ4v) is 2.00. The van der Waals surface area contributed by atoms with E-state index in [9.17, 15) is 0 Å². The molecule has 0 amide bonds. The highest BCUT2D eigenvalue weighted by atomic mass is 16.5. The Bertz CT molecular complexity index is 363. The minimum atomic E-state index is 0.0864. The summed E-state index contributed by atoms with van der Waals surface area (Å²) in [6.07, 6.45) is 3.67. The van der Waals surface area contributed by atoms with Gasteiger partial charge in [0.05, 0.1) is 6.61 Å². The van der Waals surface area contributed by atoms with Crippen LogP contribution in [0.15, 0.2) is 24.3 Å². The summed E-state index contributed by atoms with van der Waals surface area (Å²) in [5.41, 5.74) is 1.25. The highest BCUT2D eigenvalue weighted by molar-refractivity contribution is 5.33. The second-order valence-electron chi connectivity index (χ2n) is 4.84. The van der Waals surface area contributed by atoms with Gasteiger partial charge in [-0.05, 0) is 30.9 Å². The molecule has 3 nitrogen and oxygen atoms in total. The first-order chi connectivity index (χ1) is 8.83. The standard InChI is InChI=1S/C15H23NO2/c1-3-12-6-4-5-7-15(12)18-14(11-17-2)10-16-13-8-9-13/h4-7,13-14,16H,3,8-11H2,1-2H3. The van der Waals surface area contributed by atoms with E-state index in [1.165, 1.54) is 18.4 Å². The predicted molar refractivity (Wildman–Crippen MR) is 73.1 cm³/mol. The molecule has 1 aliphatic rings. The quantitative estimate of drug-likeness (QED) is 0.767. The maximum Gasteiger partial charge on any atom is 0.134 e. The highest BCUT2D eigenvalue weighted by Gasteiger charge is 2.22. The summed E-state index contributed by atoms with van der Waals surface area (Å²) >= 11 is 0. The molecule has 0 spiro atoms. The van der Waals surface area contributed by atoms with E-state index in [1.807, 2.05) is 12.1 Å². The van der Waals surface area contributed by atoms with E-state index in [0.717, 1.165) is 18.7 Å². The van der Waals surface area contributed by atoms with Crippen molar-refractivity contribution in [2.75, 3.05) is 20.3 Å². The molecule has 1 fully saturated rings. The number of benzene rings is 1. The lowest BCUT2D eigenvalue weighted by Crippen LogP contribution is -2.36. The van der Waals surface area contributed by atoms with Crippen LogP contribution in [-0.4, -0.2) is 32.4 Å². The zero-order valence-corrected chi connectivity index (χ0v) is 11.3. The first-order valence-electron chi connectivity index (χ1n) is 6.80. The van der Waals surface area contributed by atoms with Gasteiger partial charge in [0.1, 0.15) is 11.9 Å². The number of nitrogens with one attached hydrogen (secondary N) is 1. The van der Waals surface area contributed by atoms with Crippen molar-refractivity contribution in [2.45, 2.75) is 38.3 Å². The molecule has 0 radical (unpaired) electrons. The van der Waals surface area contributed by atoms with Crippen LogP contribution in [-0.2, 0) is 11.2 Å². The van der Waals surface area contributed by atoms with Crippen LogP contribution in [0.4, 0.5) is 0 Å². The van der Waals surface area contributed by atoms with Crippen molar-refractivity contribution in [2.24, 2.45) is 0 Å². The second kappa shape index (κ2) is 6.76. The monoisotopic (exact) mass is 249 g/mol. The third kappa shape index (κ3) is 4.00. The number of hydrogen-bond acceptors (Lipinski definition) is 3. The van der Waals surface area contributed by atoms with E-state index < -0.39 is 0 Å². The van der Waals surface area contributed by atoms with Gasteiger partial charge in [-0.3, -0.25) is 0 Å². The number of rotatable bonds is 8. The molecule has 18 heavy (non-hydrogen) atoms. The molecule has 0 saturated heterocycles. The normalized spacial score (nSPS) is 16.6. The smallest absolute Gasteiger partial charge is 0.134 e. The first-order valence-corrected chi connectivity index (χ1v) is 6.80. The number of hydrogen-bond donors (Lipinski definition) is 1. The Morgan fingerprint density at radius 3 is 2.78 bits per heavy atom. The number of methoxy groups -OCH3 is 1. The van der Waals surface area contributed by atoms with Crippen molar-refractivity contribution >= 4 is 0 Å². The molecular weight excluding hydrogens is 226 g/mol. The average molecular weight is 249 g/mol. The fourth-order valence-electron chi connectivity index (χ4n) is 2.00. The van der Waals surface area contributed by atoms with Crippen molar-refractivity contribution < 1.29 is 9.47 Å². The van der Waals surface area contributed by atoms with E-state index in [4.69, 9.17) is 9.47 Å². The van der Waals surface area contributed by atoms with Crippen molar-refractivity contribution in [3.8, 4) is 5.75 Å². The van der Waals surface area contributed by atoms with E-state index in [2.05, 4.69) is 24.4 Å². The van der Waals surface area contributed by atoms with Gasteiger partial charge in [0, 0.05) is 19.7 Å². The zero-order chi connectivity index (χ0) is 12.8. The number of para-hydroxylation sites is 1. The summed E-state index contributed by atoms with van der Waals surface area (Å²) in [5.74, 6) is 0.986. The molecular formula is C15H23NO2. The maximum absolute atomic E-state index is 6.07. The lowest BCUT2D eigenvalue weighted by atomic mass is 10.1. The summed E-state index contributed by atoms with van der Waals surface area (Å²) < 4.78 is 11.3. The van der Waals surface area contributed by atoms with Crippen LogP contribution in [0.5, 0.6) is 5.75 Å². The van der Waals surface area contributed by atoms with Crippen LogP contribution < -0.4 is 10.1 Å². The molecule has 1 aromatic rings. The lowest BCUT2D eigenvalue weighted by molar-refractivity contribution is 0.0798. The van der Waals surface area contributed by atoms with Crippen LogP contribution in [0.1, 0.15) is 25.3 Å². The van der Waals surface area contributed by atoms with Crippen LogP contribution in [0.3, 0.4) is 0 Å². The molecule has 3 heteroatoms. The molecule has 1 aromatic carbocycles. The summed E-state index contributed by atoms with van der Waals surface area (Å²) in [6.45, 7) is 3.63. The SMILES string of the molecule is CCc1ccccc1OC(CNC1CC1)COC. The Hall–Kier alpha value is -1.06. The Morgan fingerprint density at radius 2 is 2.11 bits per heavy atom. The minimum absolute atomic E-state index is 0.0864. The van der Waals surface area contributed by atoms with Crippen LogP contribution >= 0.6 is 0 Å². The lowest BCUT2D eigenvalue weighted by Gasteiger charge is -2.20. The van der Waals surface area contributed by atoms with Gasteiger partial charge in [-0.1, -0.05) is 25.1 Å². The molecule has 1 unspecified atom stereocenters. The zero-order valence-electron chi connectivity index (χ0n) is 11.3. The third-order valence-corrected chi connectivity index (χ3v) is 3.21. The molecule has 2 rings (SSSR count). The molecule has 1 aliphatic carbocycles. The van der Waals surface area contributed by atoms with Gasteiger partial charge in [0.25, 0.3) is 0 Å². The van der Waals surface area contributed by atoms with Gasteiger partial charge >= 0.3 is 0 Å². The maximum atomic E-state index is 6.07. The molecule has 100 valence electrons. The highest BCUT2D eigenvalue weighted by Crippen LogP contribution is 2.21. The van der Waals surface area contributed by atoms with Crippen molar-refractivity contribution in [1.82, 2.24) is 5.32 Å². The Balaban J connectivity index is 1.92. The molecule has 1 N–H and O–H groups in total. The van der Waals surface area contributed by atoms with Crippen molar-refractivity contribution in [1.29, 1.82) is 0 Å². The van der Waals surface area contributed by atoms with Crippen LogP contribution in [0.25, 0.3) is 0 Å². The van der Waals surface area contributed by atoms with Gasteiger partial charge in [-0.25, -0.2) is 0 Å². The summed E-state index contributed by atoms with van der Waals surface area (Å²) in [5, 5.41) is 3.49. The second-order valence-corrected chi connectivity index (χ2v) is 4.84. The molecule has 0 aromatic heterocycles. The molecule has 0 aliphatic heterocycles. The first kappa shape index (κ1) is 13.4. The number of ether oxygens (including phenoxy) is 2. The summed E-state index contributed by atoms with van der Waals surface area (Å²) in [6, 6.07) is 8.94. The van der Waals surface area contributed by atoms with E-state index >= 15 is 0 Å². The van der Waals surface area contributed by atoms with Gasteiger partial charge in [0.2, 0.25) is 0 Å². The van der Waals surface area contributed by atoms with E-state index in [-0.39, 0.29) is 6.10 Å². The molecule has 0 bridgehead atoms. The predicted octanol–water partition coefficient (Wildman–Crippen LogP) is 2.39. The van der Waals surface area contributed by atoms with Gasteiger partial charge < -0.3 is 14.8 Å². The molecule has 1 saturated carbocycles. The van der Waals surface area contributed by atoms with Gasteiger partial charge in [-0.15, -0.1) is 0 Å².